The van der Waals surface area contributed by atoms with Gasteiger partial charge >= 0.3 is 12.1 Å². The van der Waals surface area contributed by atoms with Crippen molar-refractivity contribution < 1.29 is 32.3 Å². The first-order valence-electron chi connectivity index (χ1n) is 8.61. The lowest BCUT2D eigenvalue weighted by Crippen LogP contribution is -2.31. The molecule has 0 unspecified atom stereocenters. The van der Waals surface area contributed by atoms with E-state index in [1.54, 1.807) is 18.2 Å². The molecule has 156 valence electrons. The largest absolute Gasteiger partial charge is 0.464 e. The molecule has 2 amide bonds. The van der Waals surface area contributed by atoms with E-state index in [0.29, 0.717) is 5.69 Å². The molecule has 0 radical (unpaired) electrons. The van der Waals surface area contributed by atoms with Gasteiger partial charge in [-0.3, -0.25) is 14.4 Å². The SMILES string of the molecule is N#Cc1ccccc1NC(=O)CCOC(=O)CNC(=O)c1ccc(C(F)(F)F)cc1. The maximum atomic E-state index is 12.5. The van der Waals surface area contributed by atoms with Crippen molar-refractivity contribution in [3.63, 3.8) is 0 Å². The predicted octanol–water partition coefficient (Wildman–Crippen LogP) is 2.88. The number of halogens is 3. The number of nitrogens with one attached hydrogen (secondary N) is 2. The third-order valence-electron chi connectivity index (χ3n) is 3.78. The fourth-order valence-corrected chi connectivity index (χ4v) is 2.28. The minimum absolute atomic E-state index is 0.0497. The molecule has 0 heterocycles. The molecule has 30 heavy (non-hydrogen) atoms. The average Bonchev–Trinajstić information content (AvgIpc) is 2.72. The minimum Gasteiger partial charge on any atom is -0.464 e. The summed E-state index contributed by atoms with van der Waals surface area (Å²) in [6.45, 7) is -0.770. The predicted molar refractivity (Wildman–Crippen MR) is 99.1 cm³/mol. The lowest BCUT2D eigenvalue weighted by atomic mass is 10.1. The molecule has 0 saturated carbocycles. The van der Waals surface area contributed by atoms with E-state index in [4.69, 9.17) is 10.00 Å². The van der Waals surface area contributed by atoms with E-state index in [9.17, 15) is 27.6 Å². The minimum atomic E-state index is -4.51. The summed E-state index contributed by atoms with van der Waals surface area (Å²) >= 11 is 0. The Hall–Kier alpha value is -3.87. The Morgan fingerprint density at radius 1 is 1.03 bits per heavy atom. The van der Waals surface area contributed by atoms with Crippen LogP contribution in [0.5, 0.6) is 0 Å². The number of rotatable bonds is 7. The lowest BCUT2D eigenvalue weighted by Gasteiger charge is -2.09. The van der Waals surface area contributed by atoms with Crippen molar-refractivity contribution in [1.82, 2.24) is 5.32 Å². The van der Waals surface area contributed by atoms with Crippen molar-refractivity contribution in [1.29, 1.82) is 5.26 Å². The van der Waals surface area contributed by atoms with Gasteiger partial charge in [0.15, 0.2) is 0 Å². The van der Waals surface area contributed by atoms with E-state index >= 15 is 0 Å². The Balaban J connectivity index is 1.72. The van der Waals surface area contributed by atoms with Gasteiger partial charge in [0.1, 0.15) is 19.2 Å². The Labute approximate surface area is 169 Å². The van der Waals surface area contributed by atoms with Crippen LogP contribution in [0, 0.1) is 11.3 Å². The van der Waals surface area contributed by atoms with Crippen molar-refractivity contribution in [2.45, 2.75) is 12.6 Å². The number of hydrogen-bond acceptors (Lipinski definition) is 5. The molecule has 2 aromatic rings. The van der Waals surface area contributed by atoms with Gasteiger partial charge < -0.3 is 15.4 Å². The highest BCUT2D eigenvalue weighted by atomic mass is 19.4. The number of hydrogen-bond donors (Lipinski definition) is 2. The van der Waals surface area contributed by atoms with Gasteiger partial charge in [0.05, 0.1) is 23.2 Å². The number of para-hydroxylation sites is 1. The van der Waals surface area contributed by atoms with Gasteiger partial charge in [0, 0.05) is 5.56 Å². The van der Waals surface area contributed by atoms with Crippen molar-refractivity contribution in [3.8, 4) is 6.07 Å². The second-order valence-corrected chi connectivity index (χ2v) is 5.93. The number of alkyl halides is 3. The molecular weight excluding hydrogens is 403 g/mol. The summed E-state index contributed by atoms with van der Waals surface area (Å²) in [5, 5.41) is 13.7. The summed E-state index contributed by atoms with van der Waals surface area (Å²) in [5.41, 5.74) is -0.325. The second-order valence-electron chi connectivity index (χ2n) is 5.93. The zero-order valence-electron chi connectivity index (χ0n) is 15.5. The highest BCUT2D eigenvalue weighted by Gasteiger charge is 2.30. The Morgan fingerprint density at radius 2 is 1.70 bits per heavy atom. The zero-order chi connectivity index (χ0) is 22.1. The summed E-state index contributed by atoms with van der Waals surface area (Å²) in [7, 11) is 0. The molecule has 0 aliphatic carbocycles. The molecule has 10 heteroatoms. The number of anilines is 1. The maximum Gasteiger partial charge on any atom is 0.416 e. The van der Waals surface area contributed by atoms with E-state index in [1.165, 1.54) is 6.07 Å². The quantitative estimate of drug-likeness (QED) is 0.671. The first-order valence-corrected chi connectivity index (χ1v) is 8.61. The Kier molecular flexibility index (Phi) is 7.52. The Morgan fingerprint density at radius 3 is 2.33 bits per heavy atom. The van der Waals surface area contributed by atoms with Crippen molar-refractivity contribution in [2.75, 3.05) is 18.5 Å². The van der Waals surface area contributed by atoms with Crippen LogP contribution in [0.1, 0.15) is 27.9 Å². The number of nitrogens with zero attached hydrogens (tertiary/aromatic N) is 1. The van der Waals surface area contributed by atoms with Crippen LogP contribution in [0.15, 0.2) is 48.5 Å². The maximum absolute atomic E-state index is 12.5. The number of ether oxygens (including phenoxy) is 1. The van der Waals surface area contributed by atoms with Crippen LogP contribution in [0.3, 0.4) is 0 Å². The first-order chi connectivity index (χ1) is 14.2. The Bertz CT molecular complexity index is 966. The van der Waals surface area contributed by atoms with E-state index < -0.39 is 36.1 Å². The van der Waals surface area contributed by atoms with Gasteiger partial charge in [-0.1, -0.05) is 12.1 Å². The molecule has 0 aliphatic rings. The van der Waals surface area contributed by atoms with Crippen LogP contribution < -0.4 is 10.6 Å². The third kappa shape index (κ3) is 6.63. The van der Waals surface area contributed by atoms with E-state index in [-0.39, 0.29) is 24.2 Å². The summed E-state index contributed by atoms with van der Waals surface area (Å²) in [5.74, 6) is -2.04. The molecule has 0 fully saturated rings. The summed E-state index contributed by atoms with van der Waals surface area (Å²) < 4.78 is 42.3. The van der Waals surface area contributed by atoms with Crippen LogP contribution in [-0.2, 0) is 20.5 Å². The van der Waals surface area contributed by atoms with Crippen molar-refractivity contribution in [2.24, 2.45) is 0 Å². The topological polar surface area (TPSA) is 108 Å². The number of nitriles is 1. The molecule has 0 aliphatic heterocycles. The van der Waals surface area contributed by atoms with Crippen molar-refractivity contribution >= 4 is 23.5 Å². The average molecular weight is 419 g/mol. The molecule has 2 aromatic carbocycles. The van der Waals surface area contributed by atoms with Gasteiger partial charge in [-0.25, -0.2) is 0 Å². The van der Waals surface area contributed by atoms with E-state index in [1.807, 2.05) is 6.07 Å². The third-order valence-corrected chi connectivity index (χ3v) is 3.78. The van der Waals surface area contributed by atoms with Gasteiger partial charge in [-0.15, -0.1) is 0 Å². The van der Waals surface area contributed by atoms with Crippen LogP contribution in [0.4, 0.5) is 18.9 Å². The standard InChI is InChI=1S/C20H16F3N3O4/c21-20(22,23)15-7-5-13(6-8-15)19(29)25-12-18(28)30-10-9-17(27)26-16-4-2-1-3-14(16)11-24/h1-8H,9-10,12H2,(H,25,29)(H,26,27). The fourth-order valence-electron chi connectivity index (χ4n) is 2.28. The summed E-state index contributed by atoms with van der Waals surface area (Å²) in [4.78, 5) is 35.4. The number of esters is 1. The van der Waals surface area contributed by atoms with Crippen LogP contribution >= 0.6 is 0 Å². The van der Waals surface area contributed by atoms with Gasteiger partial charge in [0.25, 0.3) is 5.91 Å². The van der Waals surface area contributed by atoms with E-state index in [2.05, 4.69) is 10.6 Å². The van der Waals surface area contributed by atoms with Crippen LogP contribution in [-0.4, -0.2) is 30.9 Å². The normalized spacial score (nSPS) is 10.6. The highest BCUT2D eigenvalue weighted by Crippen LogP contribution is 2.29. The monoisotopic (exact) mass is 419 g/mol. The number of carbonyl (C=O) groups excluding carboxylic acids is 3. The van der Waals surface area contributed by atoms with Crippen LogP contribution in [0.25, 0.3) is 0 Å². The lowest BCUT2D eigenvalue weighted by molar-refractivity contribution is -0.143. The van der Waals surface area contributed by atoms with Gasteiger partial charge in [0.2, 0.25) is 5.91 Å². The number of carbonyl (C=O) groups is 3. The highest BCUT2D eigenvalue weighted by molar-refractivity contribution is 5.96. The molecule has 0 bridgehead atoms. The molecule has 0 saturated heterocycles. The fraction of sp³-hybridized carbons (Fsp3) is 0.200. The van der Waals surface area contributed by atoms with E-state index in [0.717, 1.165) is 24.3 Å². The molecule has 2 N–H and O–H groups in total. The number of amides is 2. The first kappa shape index (κ1) is 22.4. The van der Waals surface area contributed by atoms with Crippen LogP contribution in [0.2, 0.25) is 0 Å². The zero-order valence-corrected chi connectivity index (χ0v) is 15.5. The molecular formula is C20H16F3N3O4. The summed E-state index contributed by atoms with van der Waals surface area (Å²) in [6.07, 6.45) is -4.68. The molecule has 2 rings (SSSR count). The van der Waals surface area contributed by atoms with Gasteiger partial charge in [-0.2, -0.15) is 18.4 Å². The smallest absolute Gasteiger partial charge is 0.416 e. The second kappa shape index (κ2) is 10.1. The van der Waals surface area contributed by atoms with Gasteiger partial charge in [-0.05, 0) is 36.4 Å². The molecule has 0 atom stereocenters. The van der Waals surface area contributed by atoms with Crippen molar-refractivity contribution in [3.05, 3.63) is 65.2 Å². The molecule has 0 aromatic heterocycles. The molecule has 0 spiro atoms. The number of benzene rings is 2. The summed E-state index contributed by atoms with van der Waals surface area (Å²) in [6, 6.07) is 11.8. The molecule has 7 nitrogen and oxygen atoms in total.